The normalized spacial score (nSPS) is 20.4. The van der Waals surface area contributed by atoms with E-state index < -0.39 is 23.4 Å². The van der Waals surface area contributed by atoms with Crippen LogP contribution in [0.2, 0.25) is 0 Å². The second-order valence-electron chi connectivity index (χ2n) is 7.73. The Bertz CT molecular complexity index is 1070. The van der Waals surface area contributed by atoms with Gasteiger partial charge in [-0.2, -0.15) is 0 Å². The maximum absolute atomic E-state index is 12.6. The molecule has 2 fully saturated rings. The molecule has 1 saturated heterocycles. The van der Waals surface area contributed by atoms with E-state index in [4.69, 9.17) is 10.5 Å². The molecule has 1 unspecified atom stereocenters. The summed E-state index contributed by atoms with van der Waals surface area (Å²) in [5.41, 5.74) is 5.00. The SMILES string of the molecule is CC1(C2CC2)NC(=O)N(CC(=O)Nc2ccc(Oc3cccc(C(N)=O)c3)nc2)C1=O. The number of carbonyl (C=O) groups excluding carboxylic acids is 4. The lowest BCUT2D eigenvalue weighted by Crippen LogP contribution is -2.46. The van der Waals surface area contributed by atoms with Crippen LogP contribution in [0.15, 0.2) is 42.6 Å². The number of ether oxygens (including phenoxy) is 1. The molecule has 1 saturated carbocycles. The molecule has 10 nitrogen and oxygen atoms in total. The Kier molecular flexibility index (Phi) is 5.05. The lowest BCUT2D eigenvalue weighted by molar-refractivity contribution is -0.134. The Labute approximate surface area is 177 Å². The van der Waals surface area contributed by atoms with E-state index in [2.05, 4.69) is 15.6 Å². The van der Waals surface area contributed by atoms with Crippen molar-refractivity contribution in [1.29, 1.82) is 0 Å². The van der Waals surface area contributed by atoms with Crippen LogP contribution in [-0.4, -0.2) is 45.7 Å². The number of benzene rings is 1. The molecule has 0 spiro atoms. The van der Waals surface area contributed by atoms with Gasteiger partial charge in [-0.3, -0.25) is 19.3 Å². The second-order valence-corrected chi connectivity index (χ2v) is 7.73. The molecule has 1 aliphatic heterocycles. The van der Waals surface area contributed by atoms with Crippen LogP contribution in [0, 0.1) is 5.92 Å². The molecule has 0 bridgehead atoms. The third-order valence-electron chi connectivity index (χ3n) is 5.36. The zero-order valence-electron chi connectivity index (χ0n) is 16.8. The van der Waals surface area contributed by atoms with Crippen molar-refractivity contribution in [3.63, 3.8) is 0 Å². The molecule has 1 aliphatic carbocycles. The quantitative estimate of drug-likeness (QED) is 0.578. The molecule has 0 radical (unpaired) electrons. The lowest BCUT2D eigenvalue weighted by Gasteiger charge is -2.20. The van der Waals surface area contributed by atoms with Gasteiger partial charge in [0.1, 0.15) is 17.8 Å². The van der Waals surface area contributed by atoms with Crippen molar-refractivity contribution >= 4 is 29.4 Å². The number of nitrogens with two attached hydrogens (primary N) is 1. The predicted octanol–water partition coefficient (Wildman–Crippen LogP) is 1.63. The Hall–Kier alpha value is -3.95. The van der Waals surface area contributed by atoms with Gasteiger partial charge in [0.05, 0.1) is 11.9 Å². The molecular formula is C21H21N5O5. The second kappa shape index (κ2) is 7.71. The minimum atomic E-state index is -0.927. The van der Waals surface area contributed by atoms with Gasteiger partial charge in [-0.25, -0.2) is 9.78 Å². The van der Waals surface area contributed by atoms with Crippen LogP contribution in [0.5, 0.6) is 11.6 Å². The summed E-state index contributed by atoms with van der Waals surface area (Å²) in [4.78, 5) is 53.4. The summed E-state index contributed by atoms with van der Waals surface area (Å²) >= 11 is 0. The molecule has 160 valence electrons. The van der Waals surface area contributed by atoms with Crippen molar-refractivity contribution in [2.75, 3.05) is 11.9 Å². The molecular weight excluding hydrogens is 402 g/mol. The fourth-order valence-corrected chi connectivity index (χ4v) is 3.49. The van der Waals surface area contributed by atoms with Crippen LogP contribution in [0.25, 0.3) is 0 Å². The van der Waals surface area contributed by atoms with Crippen molar-refractivity contribution in [2.45, 2.75) is 25.3 Å². The Morgan fingerprint density at radius 2 is 2.06 bits per heavy atom. The predicted molar refractivity (Wildman–Crippen MR) is 109 cm³/mol. The summed E-state index contributed by atoms with van der Waals surface area (Å²) in [7, 11) is 0. The largest absolute Gasteiger partial charge is 0.439 e. The summed E-state index contributed by atoms with van der Waals surface area (Å²) in [6.45, 7) is 1.32. The minimum Gasteiger partial charge on any atom is -0.439 e. The number of imide groups is 1. The van der Waals surface area contributed by atoms with Crippen molar-refractivity contribution in [3.05, 3.63) is 48.2 Å². The minimum absolute atomic E-state index is 0.123. The van der Waals surface area contributed by atoms with Crippen molar-refractivity contribution in [2.24, 2.45) is 11.7 Å². The molecule has 4 rings (SSSR count). The standard InChI is InChI=1S/C21H21N5O5/c1-21(13-5-6-13)19(29)26(20(30)25-21)11-16(27)24-14-7-8-17(23-10-14)31-15-4-2-3-12(9-15)18(22)28/h2-4,7-10,13H,5-6,11H2,1H3,(H2,22,28)(H,24,27)(H,25,30). The molecule has 5 amide bonds. The zero-order valence-corrected chi connectivity index (χ0v) is 16.8. The molecule has 31 heavy (non-hydrogen) atoms. The monoisotopic (exact) mass is 423 g/mol. The van der Waals surface area contributed by atoms with Gasteiger partial charge in [-0.15, -0.1) is 0 Å². The maximum Gasteiger partial charge on any atom is 0.325 e. The highest BCUT2D eigenvalue weighted by molar-refractivity contribution is 6.10. The van der Waals surface area contributed by atoms with Gasteiger partial charge in [0.15, 0.2) is 0 Å². The number of amides is 5. The molecule has 1 aromatic heterocycles. The van der Waals surface area contributed by atoms with Crippen LogP contribution in [-0.2, 0) is 9.59 Å². The summed E-state index contributed by atoms with van der Waals surface area (Å²) in [5, 5.41) is 5.31. The first-order valence-corrected chi connectivity index (χ1v) is 9.74. The van der Waals surface area contributed by atoms with Gasteiger partial charge < -0.3 is 21.1 Å². The number of urea groups is 1. The summed E-state index contributed by atoms with van der Waals surface area (Å²) in [6.07, 6.45) is 3.15. The van der Waals surface area contributed by atoms with E-state index in [1.165, 1.54) is 18.3 Å². The molecule has 2 aliphatic rings. The topological polar surface area (TPSA) is 144 Å². The number of anilines is 1. The summed E-state index contributed by atoms with van der Waals surface area (Å²) in [6, 6.07) is 8.89. The number of hydrogen-bond donors (Lipinski definition) is 3. The van der Waals surface area contributed by atoms with Crippen LogP contribution in [0.1, 0.15) is 30.1 Å². The van der Waals surface area contributed by atoms with E-state index in [1.807, 2.05) is 0 Å². The van der Waals surface area contributed by atoms with Crippen LogP contribution >= 0.6 is 0 Å². The first-order chi connectivity index (χ1) is 14.8. The van der Waals surface area contributed by atoms with Crippen LogP contribution < -0.4 is 21.1 Å². The van der Waals surface area contributed by atoms with E-state index >= 15 is 0 Å². The summed E-state index contributed by atoms with van der Waals surface area (Å²) in [5.74, 6) is -0.716. The zero-order chi connectivity index (χ0) is 22.2. The van der Waals surface area contributed by atoms with Crippen molar-refractivity contribution < 1.29 is 23.9 Å². The number of nitrogens with one attached hydrogen (secondary N) is 2. The Balaban J connectivity index is 1.35. The first-order valence-electron chi connectivity index (χ1n) is 9.74. The van der Waals surface area contributed by atoms with Gasteiger partial charge in [-0.05, 0) is 49.9 Å². The highest BCUT2D eigenvalue weighted by Crippen LogP contribution is 2.42. The van der Waals surface area contributed by atoms with E-state index in [-0.39, 0.29) is 24.2 Å². The average molecular weight is 423 g/mol. The Morgan fingerprint density at radius 3 is 2.71 bits per heavy atom. The van der Waals surface area contributed by atoms with Gasteiger partial charge in [0, 0.05) is 11.6 Å². The van der Waals surface area contributed by atoms with Gasteiger partial charge in [0.2, 0.25) is 17.7 Å². The molecule has 2 heterocycles. The number of hydrogen-bond acceptors (Lipinski definition) is 6. The number of aromatic nitrogens is 1. The number of nitrogens with zero attached hydrogens (tertiary/aromatic N) is 2. The Morgan fingerprint density at radius 1 is 1.29 bits per heavy atom. The smallest absolute Gasteiger partial charge is 0.325 e. The van der Waals surface area contributed by atoms with Gasteiger partial charge >= 0.3 is 6.03 Å². The highest BCUT2D eigenvalue weighted by atomic mass is 16.5. The molecule has 4 N–H and O–H groups in total. The van der Waals surface area contributed by atoms with Gasteiger partial charge in [-0.1, -0.05) is 6.07 Å². The molecule has 2 aromatic rings. The van der Waals surface area contributed by atoms with E-state index in [0.717, 1.165) is 17.7 Å². The van der Waals surface area contributed by atoms with E-state index in [0.29, 0.717) is 17.0 Å². The molecule has 1 aromatic carbocycles. The van der Waals surface area contributed by atoms with Crippen LogP contribution in [0.4, 0.5) is 10.5 Å². The molecule has 10 heteroatoms. The lowest BCUT2D eigenvalue weighted by atomic mass is 9.96. The van der Waals surface area contributed by atoms with Crippen molar-refractivity contribution in [3.8, 4) is 11.6 Å². The third kappa shape index (κ3) is 4.18. The number of rotatable bonds is 7. The van der Waals surface area contributed by atoms with Gasteiger partial charge in [0.25, 0.3) is 5.91 Å². The average Bonchev–Trinajstić information content (AvgIpc) is 3.56. The summed E-state index contributed by atoms with van der Waals surface area (Å²) < 4.78 is 5.58. The number of carbonyl (C=O) groups is 4. The third-order valence-corrected chi connectivity index (χ3v) is 5.36. The van der Waals surface area contributed by atoms with E-state index in [1.54, 1.807) is 31.2 Å². The number of primary amides is 1. The van der Waals surface area contributed by atoms with E-state index in [9.17, 15) is 19.2 Å². The first kappa shape index (κ1) is 20.3. The maximum atomic E-state index is 12.6. The number of pyridine rings is 1. The highest BCUT2D eigenvalue weighted by Gasteiger charge is 2.56. The molecule has 1 atom stereocenters. The van der Waals surface area contributed by atoms with Crippen molar-refractivity contribution in [1.82, 2.24) is 15.2 Å². The fourth-order valence-electron chi connectivity index (χ4n) is 3.49. The van der Waals surface area contributed by atoms with Crippen LogP contribution in [0.3, 0.4) is 0 Å². The fraction of sp³-hybridized carbons (Fsp3) is 0.286.